The van der Waals surface area contributed by atoms with Gasteiger partial charge in [-0.25, -0.2) is 4.79 Å². The van der Waals surface area contributed by atoms with Crippen LogP contribution in [0, 0.1) is 0 Å². The number of hydrogen-bond donors (Lipinski definition) is 6. The maximum absolute atomic E-state index is 13.4. The molecule has 0 radical (unpaired) electrons. The topological polar surface area (TPSA) is 195 Å². The van der Waals surface area contributed by atoms with Gasteiger partial charge in [0, 0.05) is 6.20 Å². The van der Waals surface area contributed by atoms with Crippen LogP contribution in [0.25, 0.3) is 0 Å². The van der Waals surface area contributed by atoms with Gasteiger partial charge in [-0.1, -0.05) is 24.3 Å². The smallest absolute Gasteiger partial charge is 0.534 e. The van der Waals surface area contributed by atoms with Gasteiger partial charge in [0.05, 0.1) is 22.4 Å². The van der Waals surface area contributed by atoms with E-state index in [0.717, 1.165) is 30.3 Å². The number of hydrogen-bond acceptors (Lipinski definition) is 7. The number of para-hydroxylation sites is 1. The predicted molar refractivity (Wildman–Crippen MR) is 135 cm³/mol. The highest BCUT2D eigenvalue weighted by Crippen LogP contribution is 2.34. The summed E-state index contributed by atoms with van der Waals surface area (Å²) in [6.07, 6.45) is -4.32. The van der Waals surface area contributed by atoms with Gasteiger partial charge in [0.15, 0.2) is 0 Å². The molecule has 12 nitrogen and oxygen atoms in total. The first-order valence-corrected chi connectivity index (χ1v) is 13.3. The predicted octanol–water partition coefficient (Wildman–Crippen LogP) is 1.21. The van der Waals surface area contributed by atoms with Crippen molar-refractivity contribution in [3.05, 3.63) is 88.7 Å². The minimum Gasteiger partial charge on any atom is -0.534 e. The number of aromatic carboxylic acids is 1. The molecule has 0 bridgehead atoms. The van der Waals surface area contributed by atoms with Crippen molar-refractivity contribution >= 4 is 37.8 Å². The molecule has 2 atom stereocenters. The zero-order chi connectivity index (χ0) is 30.1. The summed E-state index contributed by atoms with van der Waals surface area (Å²) in [7, 11) is -6.34. The number of carbonyl (C=O) groups is 3. The Bertz CT molecular complexity index is 1530. The monoisotopic (exact) mass is 593 g/mol. The van der Waals surface area contributed by atoms with Gasteiger partial charge in [0.2, 0.25) is 5.91 Å². The van der Waals surface area contributed by atoms with E-state index in [-0.39, 0.29) is 28.6 Å². The lowest BCUT2D eigenvalue weighted by molar-refractivity contribution is -0.137. The molecule has 1 aliphatic heterocycles. The van der Waals surface area contributed by atoms with Crippen LogP contribution >= 0.6 is 7.60 Å². The standard InChI is InChI=1S/C24H20BF3N3O9P/c26-24(27,28)14-6-9-17(29-11-14)21(32)31-19(12-4-7-15(8-5-12)41(37,38)39)22(33)30-18-10-13-2-1-3-16(23(34)35)20(13)40-25(18)36/h1-9,11,18-19,36H,10H2,(H,30,33)(H,31,32)(H,34,35)(H2,37,38,39)/t18-,19+/m0/s1. The average molecular weight is 593 g/mol. The van der Waals surface area contributed by atoms with Gasteiger partial charge >= 0.3 is 26.9 Å². The van der Waals surface area contributed by atoms with E-state index in [4.69, 9.17) is 4.65 Å². The molecule has 0 unspecified atom stereocenters. The van der Waals surface area contributed by atoms with Gasteiger partial charge in [-0.2, -0.15) is 13.2 Å². The molecule has 0 saturated carbocycles. The fraction of sp³-hybridized carbons (Fsp3) is 0.167. The number of aromatic nitrogens is 1. The van der Waals surface area contributed by atoms with Crippen LogP contribution in [-0.2, 0) is 22.0 Å². The number of carbonyl (C=O) groups excluding carboxylic acids is 2. The zero-order valence-electron chi connectivity index (χ0n) is 20.6. The van der Waals surface area contributed by atoms with E-state index < -0.39 is 61.9 Å². The van der Waals surface area contributed by atoms with Crippen LogP contribution in [0.15, 0.2) is 60.8 Å². The molecule has 17 heteroatoms. The molecule has 2 aromatic carbocycles. The molecule has 214 valence electrons. The molecule has 0 saturated heterocycles. The van der Waals surface area contributed by atoms with Crippen LogP contribution in [0.1, 0.15) is 43.6 Å². The maximum atomic E-state index is 13.4. The number of halogens is 3. The summed E-state index contributed by atoms with van der Waals surface area (Å²) >= 11 is 0. The van der Waals surface area contributed by atoms with Gasteiger partial charge < -0.3 is 35.2 Å². The largest absolute Gasteiger partial charge is 0.547 e. The lowest BCUT2D eigenvalue weighted by Gasteiger charge is -2.30. The van der Waals surface area contributed by atoms with Crippen molar-refractivity contribution in [2.24, 2.45) is 0 Å². The summed E-state index contributed by atoms with van der Waals surface area (Å²) in [6, 6.07) is 8.48. The Kier molecular flexibility index (Phi) is 8.22. The third-order valence-electron chi connectivity index (χ3n) is 6.10. The molecule has 2 amide bonds. The van der Waals surface area contributed by atoms with Crippen molar-refractivity contribution in [2.45, 2.75) is 24.6 Å². The van der Waals surface area contributed by atoms with Gasteiger partial charge in [0.25, 0.3) is 5.91 Å². The average Bonchev–Trinajstić information content (AvgIpc) is 2.90. The zero-order valence-corrected chi connectivity index (χ0v) is 21.5. The summed E-state index contributed by atoms with van der Waals surface area (Å²) in [4.78, 5) is 59.9. The van der Waals surface area contributed by atoms with E-state index in [0.29, 0.717) is 17.8 Å². The number of carboxylic acid groups (broad SMARTS) is 1. The van der Waals surface area contributed by atoms with E-state index in [1.54, 1.807) is 0 Å². The molecule has 1 aromatic heterocycles. The van der Waals surface area contributed by atoms with Gasteiger partial charge in [0.1, 0.15) is 17.5 Å². The number of pyridine rings is 1. The first kappa shape index (κ1) is 29.7. The van der Waals surface area contributed by atoms with Crippen molar-refractivity contribution in [3.63, 3.8) is 0 Å². The van der Waals surface area contributed by atoms with Crippen molar-refractivity contribution in [1.29, 1.82) is 0 Å². The maximum Gasteiger partial charge on any atom is 0.547 e. The molecular weight excluding hydrogens is 573 g/mol. The Labute approximate surface area is 229 Å². The number of amides is 2. The van der Waals surface area contributed by atoms with Crippen molar-refractivity contribution in [1.82, 2.24) is 15.6 Å². The number of fused-ring (bicyclic) bond motifs is 1. The van der Waals surface area contributed by atoms with Gasteiger partial charge in [-0.3, -0.25) is 19.1 Å². The molecule has 1 aliphatic rings. The fourth-order valence-electron chi connectivity index (χ4n) is 4.04. The van der Waals surface area contributed by atoms with Crippen molar-refractivity contribution in [3.8, 4) is 5.75 Å². The number of rotatable bonds is 7. The third kappa shape index (κ3) is 6.74. The highest BCUT2D eigenvalue weighted by atomic mass is 31.2. The summed E-state index contributed by atoms with van der Waals surface area (Å²) in [5.74, 6) is -4.48. The summed E-state index contributed by atoms with van der Waals surface area (Å²) in [6.45, 7) is 0. The Morgan fingerprint density at radius 3 is 2.32 bits per heavy atom. The molecule has 4 rings (SSSR count). The lowest BCUT2D eigenvalue weighted by Crippen LogP contribution is -2.55. The van der Waals surface area contributed by atoms with E-state index >= 15 is 0 Å². The summed E-state index contributed by atoms with van der Waals surface area (Å²) < 4.78 is 55.5. The highest BCUT2D eigenvalue weighted by molar-refractivity contribution is 7.60. The third-order valence-corrected chi connectivity index (χ3v) is 7.07. The van der Waals surface area contributed by atoms with Crippen molar-refractivity contribution in [2.75, 3.05) is 0 Å². The number of nitrogens with zero attached hydrogens (tertiary/aromatic N) is 1. The number of alkyl halides is 3. The van der Waals surface area contributed by atoms with E-state index in [9.17, 15) is 52.0 Å². The second-order valence-electron chi connectivity index (χ2n) is 8.90. The van der Waals surface area contributed by atoms with Crippen LogP contribution < -0.4 is 20.6 Å². The Morgan fingerprint density at radius 2 is 1.76 bits per heavy atom. The first-order chi connectivity index (χ1) is 19.1. The second-order valence-corrected chi connectivity index (χ2v) is 10.5. The molecule has 41 heavy (non-hydrogen) atoms. The quantitative estimate of drug-likeness (QED) is 0.171. The van der Waals surface area contributed by atoms with E-state index in [1.807, 2.05) is 0 Å². The fourth-order valence-corrected chi connectivity index (χ4v) is 4.58. The molecule has 3 aromatic rings. The first-order valence-electron chi connectivity index (χ1n) is 11.7. The molecule has 0 fully saturated rings. The van der Waals surface area contributed by atoms with Crippen LogP contribution in [0.4, 0.5) is 13.2 Å². The van der Waals surface area contributed by atoms with Crippen LogP contribution in [-0.4, -0.2) is 55.7 Å². The summed E-state index contributed by atoms with van der Waals surface area (Å²) in [5, 5.41) is 24.3. The lowest BCUT2D eigenvalue weighted by atomic mass is 9.72. The Morgan fingerprint density at radius 1 is 1.07 bits per heavy atom. The van der Waals surface area contributed by atoms with Crippen molar-refractivity contribution < 1.29 is 56.7 Å². The van der Waals surface area contributed by atoms with Gasteiger partial charge in [-0.15, -0.1) is 0 Å². The van der Waals surface area contributed by atoms with Crippen LogP contribution in [0.2, 0.25) is 0 Å². The minimum absolute atomic E-state index is 0.0275. The van der Waals surface area contributed by atoms with Gasteiger partial charge in [-0.05, 0) is 47.9 Å². The summed E-state index contributed by atoms with van der Waals surface area (Å²) in [5.41, 5.74) is -1.38. The number of benzene rings is 2. The van der Waals surface area contributed by atoms with Crippen LogP contribution in [0.3, 0.4) is 0 Å². The molecule has 0 aliphatic carbocycles. The van der Waals surface area contributed by atoms with E-state index in [1.165, 1.54) is 18.2 Å². The highest BCUT2D eigenvalue weighted by Gasteiger charge is 2.39. The second kappa shape index (κ2) is 11.3. The minimum atomic E-state index is -4.70. The normalized spacial score (nSPS) is 15.8. The SMILES string of the molecule is O=C(N[C@@H](C(=O)N[C@H]1Cc2cccc(C(=O)O)c2OB1O)c1ccc(P(=O)(O)O)cc1)c1ccc(C(F)(F)F)cn1. The van der Waals surface area contributed by atoms with Crippen LogP contribution in [0.5, 0.6) is 5.75 Å². The molecular formula is C24H20BF3N3O9P. The molecule has 6 N–H and O–H groups in total. The number of carboxylic acids is 1. The Balaban J connectivity index is 1.60. The Hall–Kier alpha value is -4.24. The number of nitrogens with one attached hydrogen (secondary N) is 2. The van der Waals surface area contributed by atoms with E-state index in [2.05, 4.69) is 15.6 Å². The molecule has 2 heterocycles. The molecule has 0 spiro atoms.